The van der Waals surface area contributed by atoms with Gasteiger partial charge in [-0.05, 0) is 50.6 Å². The summed E-state index contributed by atoms with van der Waals surface area (Å²) in [5, 5.41) is 4.58. The molecule has 2 aliphatic rings. The number of anilines is 1. The van der Waals surface area contributed by atoms with Gasteiger partial charge in [0.2, 0.25) is 0 Å². The summed E-state index contributed by atoms with van der Waals surface area (Å²) in [6, 6.07) is 2.65. The van der Waals surface area contributed by atoms with Gasteiger partial charge in [-0.3, -0.25) is 4.90 Å². The molecule has 1 saturated heterocycles. The van der Waals surface area contributed by atoms with Gasteiger partial charge in [-0.25, -0.2) is 8.78 Å². The summed E-state index contributed by atoms with van der Waals surface area (Å²) >= 11 is 0. The third kappa shape index (κ3) is 3.69. The maximum atomic E-state index is 13.6. The number of nitrogens with zero attached hydrogens (tertiary/aromatic N) is 3. The van der Waals surface area contributed by atoms with E-state index in [9.17, 15) is 8.78 Å². The fourth-order valence-corrected chi connectivity index (χ4v) is 4.17. The number of benzene rings is 1. The summed E-state index contributed by atoms with van der Waals surface area (Å²) in [6.45, 7) is 4.65. The normalized spacial score (nSPS) is 25.1. The van der Waals surface area contributed by atoms with Crippen LogP contribution < -0.4 is 10.6 Å². The number of hydrogen-bond donors (Lipinski definition) is 1. The average molecular weight is 364 g/mol. The van der Waals surface area contributed by atoms with Crippen molar-refractivity contribution in [1.82, 2.24) is 10.1 Å². The van der Waals surface area contributed by atoms with Crippen LogP contribution in [0.15, 0.2) is 16.7 Å². The Bertz CT molecular complexity index is 749. The van der Waals surface area contributed by atoms with Gasteiger partial charge in [0.1, 0.15) is 0 Å². The van der Waals surface area contributed by atoms with Crippen LogP contribution in [-0.2, 0) is 0 Å². The molecule has 4 rings (SSSR count). The average Bonchev–Trinajstić information content (AvgIpc) is 3.05. The summed E-state index contributed by atoms with van der Waals surface area (Å²) in [5.74, 6) is -0.355. The van der Waals surface area contributed by atoms with Crippen molar-refractivity contribution in [3.05, 3.63) is 23.8 Å². The molecule has 2 aromatic rings. The molecule has 1 saturated carbocycles. The zero-order valence-electron chi connectivity index (χ0n) is 15.0. The highest BCUT2D eigenvalue weighted by molar-refractivity contribution is 5.88. The molecule has 0 spiro atoms. The van der Waals surface area contributed by atoms with Crippen LogP contribution in [0, 0.1) is 17.6 Å². The fraction of sp³-hybridized carbons (Fsp3) is 0.632. The molecule has 1 aliphatic carbocycles. The van der Waals surface area contributed by atoms with Gasteiger partial charge < -0.3 is 15.2 Å². The second-order valence-corrected chi connectivity index (χ2v) is 7.67. The molecular weight excluding hydrogens is 338 g/mol. The molecule has 2 heterocycles. The maximum absolute atomic E-state index is 13.6. The molecule has 2 fully saturated rings. The van der Waals surface area contributed by atoms with Gasteiger partial charge in [0.25, 0.3) is 0 Å². The number of fused-ring (bicyclic) bond motifs is 1. The molecule has 0 radical (unpaired) electrons. The van der Waals surface area contributed by atoms with Gasteiger partial charge >= 0.3 is 0 Å². The first-order valence-corrected chi connectivity index (χ1v) is 9.57. The van der Waals surface area contributed by atoms with Crippen molar-refractivity contribution in [2.24, 2.45) is 11.7 Å². The van der Waals surface area contributed by atoms with Crippen molar-refractivity contribution in [3.63, 3.8) is 0 Å². The van der Waals surface area contributed by atoms with Gasteiger partial charge in [-0.1, -0.05) is 5.16 Å². The summed E-state index contributed by atoms with van der Waals surface area (Å²) in [4.78, 5) is 4.58. The zero-order chi connectivity index (χ0) is 18.1. The minimum atomic E-state index is -0.909. The standard InChI is InChI=1S/C19H26F2N4O/c20-16-11-15-18(12-17(16)21)26-23-19(15)25-9-7-24(8-10-25)6-5-13-1-3-14(22)4-2-13/h11-14H,1-10,22H2. The lowest BCUT2D eigenvalue weighted by atomic mass is 9.84. The lowest BCUT2D eigenvalue weighted by Crippen LogP contribution is -2.47. The van der Waals surface area contributed by atoms with Gasteiger partial charge in [-0.2, -0.15) is 0 Å². The van der Waals surface area contributed by atoms with Crippen LogP contribution in [0.3, 0.4) is 0 Å². The minimum Gasteiger partial charge on any atom is -0.354 e. The summed E-state index contributed by atoms with van der Waals surface area (Å²) < 4.78 is 32.1. The Morgan fingerprint density at radius 1 is 1.04 bits per heavy atom. The van der Waals surface area contributed by atoms with E-state index in [2.05, 4.69) is 15.0 Å². The maximum Gasteiger partial charge on any atom is 0.180 e. The van der Waals surface area contributed by atoms with Crippen LogP contribution in [0.1, 0.15) is 32.1 Å². The number of hydrogen-bond acceptors (Lipinski definition) is 5. The third-order valence-corrected chi connectivity index (χ3v) is 5.91. The van der Waals surface area contributed by atoms with Gasteiger partial charge in [0.15, 0.2) is 23.0 Å². The molecule has 5 nitrogen and oxygen atoms in total. The number of nitrogens with two attached hydrogens (primary N) is 1. The van der Waals surface area contributed by atoms with E-state index in [1.54, 1.807) is 0 Å². The molecule has 0 amide bonds. The topological polar surface area (TPSA) is 58.5 Å². The van der Waals surface area contributed by atoms with Crippen LogP contribution >= 0.6 is 0 Å². The van der Waals surface area contributed by atoms with Crippen molar-refractivity contribution in [1.29, 1.82) is 0 Å². The van der Waals surface area contributed by atoms with Crippen molar-refractivity contribution >= 4 is 16.8 Å². The molecule has 0 bridgehead atoms. The summed E-state index contributed by atoms with van der Waals surface area (Å²) in [6.07, 6.45) is 6.08. The first kappa shape index (κ1) is 17.7. The smallest absolute Gasteiger partial charge is 0.180 e. The molecule has 26 heavy (non-hydrogen) atoms. The van der Waals surface area contributed by atoms with E-state index in [0.717, 1.165) is 57.5 Å². The zero-order valence-corrected chi connectivity index (χ0v) is 15.0. The van der Waals surface area contributed by atoms with Crippen molar-refractivity contribution in [2.45, 2.75) is 38.1 Å². The van der Waals surface area contributed by atoms with Crippen LogP contribution in [0.25, 0.3) is 11.0 Å². The van der Waals surface area contributed by atoms with Crippen LogP contribution in [0.2, 0.25) is 0 Å². The van der Waals surface area contributed by atoms with Crippen LogP contribution in [0.4, 0.5) is 14.6 Å². The quantitative estimate of drug-likeness (QED) is 0.903. The molecule has 0 unspecified atom stereocenters. The van der Waals surface area contributed by atoms with Gasteiger partial charge in [0.05, 0.1) is 5.39 Å². The molecule has 2 N–H and O–H groups in total. The van der Waals surface area contributed by atoms with Crippen LogP contribution in [-0.4, -0.2) is 48.8 Å². The molecular formula is C19H26F2N4O. The second-order valence-electron chi connectivity index (χ2n) is 7.67. The highest BCUT2D eigenvalue weighted by atomic mass is 19.2. The van der Waals surface area contributed by atoms with Crippen molar-refractivity contribution in [3.8, 4) is 0 Å². The van der Waals surface area contributed by atoms with Crippen molar-refractivity contribution < 1.29 is 13.3 Å². The second kappa shape index (κ2) is 7.48. The molecule has 7 heteroatoms. The van der Waals surface area contributed by atoms with Gasteiger partial charge in [0, 0.05) is 38.3 Å². The summed E-state index contributed by atoms with van der Waals surface area (Å²) in [7, 11) is 0. The number of aromatic nitrogens is 1. The Hall–Kier alpha value is -1.73. The first-order valence-electron chi connectivity index (χ1n) is 9.57. The van der Waals surface area contributed by atoms with E-state index in [-0.39, 0.29) is 5.58 Å². The highest BCUT2D eigenvalue weighted by Crippen LogP contribution is 2.29. The monoisotopic (exact) mass is 364 g/mol. The predicted molar refractivity (Wildman–Crippen MR) is 97.1 cm³/mol. The SMILES string of the molecule is NC1CCC(CCN2CCN(c3noc4cc(F)c(F)cc34)CC2)CC1. The molecule has 1 aromatic carbocycles. The van der Waals surface area contributed by atoms with E-state index in [1.165, 1.54) is 25.3 Å². The largest absolute Gasteiger partial charge is 0.354 e. The van der Waals surface area contributed by atoms with Crippen molar-refractivity contribution in [2.75, 3.05) is 37.6 Å². The molecule has 142 valence electrons. The lowest BCUT2D eigenvalue weighted by Gasteiger charge is -2.36. The Labute approximate surface area is 152 Å². The van der Waals surface area contributed by atoms with E-state index in [1.807, 2.05) is 0 Å². The molecule has 1 aliphatic heterocycles. The molecule has 0 atom stereocenters. The van der Waals surface area contributed by atoms with E-state index in [4.69, 9.17) is 10.3 Å². The third-order valence-electron chi connectivity index (χ3n) is 5.91. The Balaban J connectivity index is 1.32. The molecule has 1 aromatic heterocycles. The number of rotatable bonds is 4. The first-order chi connectivity index (χ1) is 12.6. The number of halogens is 2. The van der Waals surface area contributed by atoms with E-state index < -0.39 is 11.6 Å². The fourth-order valence-electron chi connectivity index (χ4n) is 4.17. The Morgan fingerprint density at radius 2 is 1.73 bits per heavy atom. The highest BCUT2D eigenvalue weighted by Gasteiger charge is 2.24. The van der Waals surface area contributed by atoms with Gasteiger partial charge in [-0.15, -0.1) is 0 Å². The van der Waals surface area contributed by atoms with E-state index >= 15 is 0 Å². The predicted octanol–water partition coefficient (Wildman–Crippen LogP) is 3.14. The minimum absolute atomic E-state index is 0.289. The number of piperazine rings is 1. The van der Waals surface area contributed by atoms with E-state index in [0.29, 0.717) is 17.2 Å². The summed E-state index contributed by atoms with van der Waals surface area (Å²) in [5.41, 5.74) is 6.27. The lowest BCUT2D eigenvalue weighted by molar-refractivity contribution is 0.216. The Morgan fingerprint density at radius 3 is 2.46 bits per heavy atom. The van der Waals surface area contributed by atoms with Crippen LogP contribution in [0.5, 0.6) is 0 Å². The Kier molecular flexibility index (Phi) is 5.09.